The van der Waals surface area contributed by atoms with Crippen LogP contribution < -0.4 is 5.32 Å². The molecule has 1 fully saturated rings. The Morgan fingerprint density at radius 1 is 1.72 bits per heavy atom. The van der Waals surface area contributed by atoms with Crippen molar-refractivity contribution in [2.24, 2.45) is 5.92 Å². The van der Waals surface area contributed by atoms with E-state index in [2.05, 4.69) is 28.2 Å². The molecule has 1 heterocycles. The van der Waals surface area contributed by atoms with Crippen molar-refractivity contribution < 1.29 is 9.21 Å². The number of carbonyl (C=O) groups excluding carboxylic acids is 1. The highest BCUT2D eigenvalue weighted by Gasteiger charge is 2.36. The molecule has 2 unspecified atom stereocenters. The number of carbonyl (C=O) groups is 1. The molecule has 1 amide bonds. The lowest BCUT2D eigenvalue weighted by atomic mass is 9.77. The van der Waals surface area contributed by atoms with Gasteiger partial charge in [-0.25, -0.2) is 0 Å². The van der Waals surface area contributed by atoms with Crippen LogP contribution in [0.4, 0.5) is 0 Å². The van der Waals surface area contributed by atoms with Crippen LogP contribution in [0.2, 0.25) is 0 Å². The largest absolute Gasteiger partial charge is 0.457 e. The molecule has 1 aromatic heterocycles. The number of hydrogen-bond acceptors (Lipinski definition) is 2. The molecule has 2 rings (SSSR count). The zero-order valence-electron chi connectivity index (χ0n) is 10.3. The van der Waals surface area contributed by atoms with Crippen LogP contribution in [0.3, 0.4) is 0 Å². The average molecular weight is 335 g/mol. The first kappa shape index (κ1) is 13.9. The highest BCUT2D eigenvalue weighted by Crippen LogP contribution is 2.33. The maximum atomic E-state index is 12.2. The molecule has 0 radical (unpaired) electrons. The van der Waals surface area contributed by atoms with Crippen LogP contribution in [0, 0.1) is 5.92 Å². The molecule has 0 aliphatic heterocycles. The van der Waals surface area contributed by atoms with Gasteiger partial charge in [0.05, 0.1) is 17.4 Å². The third kappa shape index (κ3) is 2.91. The van der Waals surface area contributed by atoms with E-state index < -0.39 is 0 Å². The van der Waals surface area contributed by atoms with Crippen molar-refractivity contribution in [3.8, 4) is 0 Å². The molecule has 1 aliphatic rings. The highest BCUT2D eigenvalue weighted by atomic mass is 79.9. The zero-order chi connectivity index (χ0) is 13.2. The summed E-state index contributed by atoms with van der Waals surface area (Å²) < 4.78 is 5.55. The minimum absolute atomic E-state index is 0.120. The van der Waals surface area contributed by atoms with E-state index in [1.54, 1.807) is 6.07 Å². The smallest absolute Gasteiger partial charge is 0.256 e. The van der Waals surface area contributed by atoms with Crippen molar-refractivity contribution in [3.63, 3.8) is 0 Å². The number of alkyl halides is 1. The highest BCUT2D eigenvalue weighted by molar-refractivity contribution is 9.10. The van der Waals surface area contributed by atoms with Crippen LogP contribution in [0.5, 0.6) is 0 Å². The SMILES string of the molecule is CC1CCCC(CCl)(NC(=O)c2ccoc2Br)C1. The lowest BCUT2D eigenvalue weighted by Gasteiger charge is -2.39. The average Bonchev–Trinajstić information content (AvgIpc) is 2.75. The molecular weight excluding hydrogens is 318 g/mol. The van der Waals surface area contributed by atoms with Gasteiger partial charge in [-0.3, -0.25) is 4.79 Å². The lowest BCUT2D eigenvalue weighted by molar-refractivity contribution is 0.0865. The van der Waals surface area contributed by atoms with Gasteiger partial charge in [0.15, 0.2) is 4.67 Å². The van der Waals surface area contributed by atoms with Gasteiger partial charge in [0, 0.05) is 5.88 Å². The van der Waals surface area contributed by atoms with Crippen LogP contribution in [0.25, 0.3) is 0 Å². The minimum atomic E-state index is -0.271. The molecule has 100 valence electrons. The van der Waals surface area contributed by atoms with E-state index in [1.807, 2.05) is 0 Å². The van der Waals surface area contributed by atoms with Crippen LogP contribution >= 0.6 is 27.5 Å². The Hall–Kier alpha value is -0.480. The Kier molecular flexibility index (Phi) is 4.38. The van der Waals surface area contributed by atoms with E-state index >= 15 is 0 Å². The fourth-order valence-electron chi connectivity index (χ4n) is 2.69. The molecule has 0 aromatic carbocycles. The van der Waals surface area contributed by atoms with Crippen molar-refractivity contribution in [1.82, 2.24) is 5.32 Å². The van der Waals surface area contributed by atoms with Crippen LogP contribution in [-0.2, 0) is 0 Å². The monoisotopic (exact) mass is 333 g/mol. The topological polar surface area (TPSA) is 42.2 Å². The second kappa shape index (κ2) is 5.66. The summed E-state index contributed by atoms with van der Waals surface area (Å²) in [6, 6.07) is 1.66. The van der Waals surface area contributed by atoms with Crippen molar-refractivity contribution in [1.29, 1.82) is 0 Å². The molecule has 2 atom stereocenters. The summed E-state index contributed by atoms with van der Waals surface area (Å²) in [5, 5.41) is 3.09. The first-order chi connectivity index (χ1) is 8.56. The van der Waals surface area contributed by atoms with E-state index in [-0.39, 0.29) is 11.4 Å². The second-order valence-corrected chi connectivity index (χ2v) is 6.17. The van der Waals surface area contributed by atoms with Crippen molar-refractivity contribution in [2.75, 3.05) is 5.88 Å². The Morgan fingerprint density at radius 3 is 3.06 bits per heavy atom. The maximum Gasteiger partial charge on any atom is 0.256 e. The fraction of sp³-hybridized carbons (Fsp3) is 0.615. The number of amides is 1. The first-order valence-electron chi connectivity index (χ1n) is 6.18. The molecular formula is C13H17BrClNO2. The van der Waals surface area contributed by atoms with Crippen LogP contribution in [0.1, 0.15) is 43.0 Å². The van der Waals surface area contributed by atoms with Gasteiger partial charge in [-0.2, -0.15) is 0 Å². The van der Waals surface area contributed by atoms with E-state index in [4.69, 9.17) is 16.0 Å². The molecule has 1 aromatic rings. The number of furan rings is 1. The Bertz CT molecular complexity index is 434. The minimum Gasteiger partial charge on any atom is -0.457 e. The second-order valence-electron chi connectivity index (χ2n) is 5.18. The van der Waals surface area contributed by atoms with Gasteiger partial charge >= 0.3 is 0 Å². The molecule has 0 bridgehead atoms. The Morgan fingerprint density at radius 2 is 2.50 bits per heavy atom. The lowest BCUT2D eigenvalue weighted by Crippen LogP contribution is -2.52. The molecule has 18 heavy (non-hydrogen) atoms. The van der Waals surface area contributed by atoms with E-state index in [0.717, 1.165) is 19.3 Å². The normalized spacial score (nSPS) is 28.1. The molecule has 0 saturated heterocycles. The summed E-state index contributed by atoms with van der Waals surface area (Å²) >= 11 is 9.32. The summed E-state index contributed by atoms with van der Waals surface area (Å²) in [6.45, 7) is 2.21. The summed E-state index contributed by atoms with van der Waals surface area (Å²) in [5.74, 6) is 0.939. The summed E-state index contributed by atoms with van der Waals surface area (Å²) in [4.78, 5) is 12.2. The maximum absolute atomic E-state index is 12.2. The van der Waals surface area contributed by atoms with E-state index in [0.29, 0.717) is 22.0 Å². The van der Waals surface area contributed by atoms with Crippen LogP contribution in [0.15, 0.2) is 21.4 Å². The van der Waals surface area contributed by atoms with Crippen molar-refractivity contribution in [2.45, 2.75) is 38.1 Å². The van der Waals surface area contributed by atoms with Crippen molar-refractivity contribution in [3.05, 3.63) is 22.6 Å². The van der Waals surface area contributed by atoms with Crippen LogP contribution in [-0.4, -0.2) is 17.3 Å². The Labute approximate surface area is 120 Å². The number of rotatable bonds is 3. The first-order valence-corrected chi connectivity index (χ1v) is 7.50. The Balaban J connectivity index is 2.11. The predicted molar refractivity (Wildman–Crippen MR) is 75.0 cm³/mol. The van der Waals surface area contributed by atoms with Gasteiger partial charge < -0.3 is 9.73 Å². The van der Waals surface area contributed by atoms with E-state index in [1.165, 1.54) is 12.7 Å². The third-order valence-corrected chi connectivity index (χ3v) is 4.71. The summed E-state index contributed by atoms with van der Waals surface area (Å²) in [6.07, 6.45) is 5.71. The number of hydrogen-bond donors (Lipinski definition) is 1. The van der Waals surface area contributed by atoms with Gasteiger partial charge in [-0.05, 0) is 40.8 Å². The molecule has 1 aliphatic carbocycles. The van der Waals surface area contributed by atoms with E-state index in [9.17, 15) is 4.79 Å². The fourth-order valence-corrected chi connectivity index (χ4v) is 3.42. The molecule has 1 N–H and O–H groups in total. The van der Waals surface area contributed by atoms with Crippen molar-refractivity contribution >= 4 is 33.4 Å². The molecule has 3 nitrogen and oxygen atoms in total. The summed E-state index contributed by atoms with van der Waals surface area (Å²) in [5.41, 5.74) is 0.255. The number of nitrogens with one attached hydrogen (secondary N) is 1. The van der Waals surface area contributed by atoms with Gasteiger partial charge in [0.2, 0.25) is 0 Å². The summed E-state index contributed by atoms with van der Waals surface area (Å²) in [7, 11) is 0. The third-order valence-electron chi connectivity index (χ3n) is 3.59. The molecule has 5 heteroatoms. The molecule has 1 saturated carbocycles. The number of halogens is 2. The quantitative estimate of drug-likeness (QED) is 0.850. The van der Waals surface area contributed by atoms with Gasteiger partial charge in [0.1, 0.15) is 0 Å². The zero-order valence-corrected chi connectivity index (χ0v) is 12.7. The van der Waals surface area contributed by atoms with Gasteiger partial charge in [0.25, 0.3) is 5.91 Å². The predicted octanol–water partition coefficient (Wildman–Crippen LogP) is 3.96. The van der Waals surface area contributed by atoms with Gasteiger partial charge in [-0.1, -0.05) is 19.8 Å². The molecule has 0 spiro atoms. The van der Waals surface area contributed by atoms with Gasteiger partial charge in [-0.15, -0.1) is 11.6 Å². The standard InChI is InChI=1S/C13H17BrClNO2/c1-9-3-2-5-13(7-9,8-15)16-12(17)10-4-6-18-11(10)14/h4,6,9H,2-3,5,7-8H2,1H3,(H,16,17).